The van der Waals surface area contributed by atoms with Gasteiger partial charge in [0.25, 0.3) is 5.24 Å². The molecule has 0 radical (unpaired) electrons. The number of aryl methyl sites for hydroxylation is 1. The summed E-state index contributed by atoms with van der Waals surface area (Å²) in [5.74, 6) is 0.791. The van der Waals surface area contributed by atoms with Crippen LogP contribution in [0, 0.1) is 6.92 Å². The summed E-state index contributed by atoms with van der Waals surface area (Å²) < 4.78 is 8.61. The summed E-state index contributed by atoms with van der Waals surface area (Å²) in [6.45, 7) is 8.17. The predicted octanol–water partition coefficient (Wildman–Crippen LogP) is 5.70. The van der Waals surface area contributed by atoms with Gasteiger partial charge in [0.1, 0.15) is 24.4 Å². The number of rotatable bonds is 4. The maximum atomic E-state index is 12.1. The fourth-order valence-electron chi connectivity index (χ4n) is 3.93. The van der Waals surface area contributed by atoms with Gasteiger partial charge in [-0.05, 0) is 61.7 Å². The van der Waals surface area contributed by atoms with Crippen LogP contribution in [0.3, 0.4) is 0 Å². The van der Waals surface area contributed by atoms with Crippen molar-refractivity contribution in [2.45, 2.75) is 20.8 Å². The summed E-state index contributed by atoms with van der Waals surface area (Å²) >= 11 is 5.92. The molecule has 0 unspecified atom stereocenters. The first-order chi connectivity index (χ1) is 14.0. The molecule has 146 valence electrons. The molecule has 0 fully saturated rings. The van der Waals surface area contributed by atoms with Gasteiger partial charge in [-0.25, -0.2) is 4.58 Å². The summed E-state index contributed by atoms with van der Waals surface area (Å²) in [5, 5.41) is 1.62. The smallest absolute Gasteiger partial charge is 0.253 e. The largest absolute Gasteiger partial charge is 0.456 e. The van der Waals surface area contributed by atoms with Crippen LogP contribution in [0.25, 0.3) is 33.4 Å². The summed E-state index contributed by atoms with van der Waals surface area (Å²) in [6.07, 6.45) is 0. The van der Waals surface area contributed by atoms with Gasteiger partial charge in [-0.1, -0.05) is 30.3 Å². The Kier molecular flexibility index (Phi) is 5.25. The Balaban J connectivity index is 2.18. The molecule has 1 aliphatic heterocycles. The Morgan fingerprint density at radius 1 is 0.966 bits per heavy atom. The van der Waals surface area contributed by atoms with E-state index < -0.39 is 5.24 Å². The minimum Gasteiger partial charge on any atom is -0.456 e. The highest BCUT2D eigenvalue weighted by Crippen LogP contribution is 2.41. The molecule has 1 aliphatic carbocycles. The van der Waals surface area contributed by atoms with Crippen LogP contribution in [0.15, 0.2) is 65.1 Å². The van der Waals surface area contributed by atoms with Crippen LogP contribution in [0.5, 0.6) is 0 Å². The van der Waals surface area contributed by atoms with Crippen molar-refractivity contribution in [3.05, 3.63) is 77.1 Å². The van der Waals surface area contributed by atoms with Gasteiger partial charge in [-0.2, -0.15) is 0 Å². The van der Waals surface area contributed by atoms with E-state index in [1.807, 2.05) is 31.2 Å². The zero-order valence-corrected chi connectivity index (χ0v) is 17.6. The van der Waals surface area contributed by atoms with Crippen molar-refractivity contribution in [3.63, 3.8) is 0 Å². The van der Waals surface area contributed by atoms with E-state index in [0.29, 0.717) is 5.56 Å². The molecule has 2 aromatic rings. The predicted molar refractivity (Wildman–Crippen MR) is 120 cm³/mol. The number of carbonyl (C=O) groups excluding carboxylic acids is 1. The molecule has 1 heterocycles. The minimum absolute atomic E-state index is 0.463. The topological polar surface area (TPSA) is 33.2 Å². The molecule has 2 aliphatic rings. The molecule has 0 saturated carbocycles. The van der Waals surface area contributed by atoms with Gasteiger partial charge in [0, 0.05) is 28.1 Å². The molecule has 0 N–H and O–H groups in total. The number of hydrogen-bond donors (Lipinski definition) is 0. The van der Waals surface area contributed by atoms with E-state index in [1.54, 1.807) is 6.07 Å². The van der Waals surface area contributed by atoms with Gasteiger partial charge < -0.3 is 4.42 Å². The molecule has 0 atom stereocenters. The first-order valence-electron chi connectivity index (χ1n) is 9.88. The average molecular weight is 405 g/mol. The van der Waals surface area contributed by atoms with Gasteiger partial charge in [0.05, 0.1) is 6.07 Å². The lowest BCUT2D eigenvalue weighted by atomic mass is 9.91. The van der Waals surface area contributed by atoms with E-state index in [2.05, 4.69) is 48.8 Å². The van der Waals surface area contributed by atoms with E-state index in [1.165, 1.54) is 0 Å². The van der Waals surface area contributed by atoms with Crippen molar-refractivity contribution in [1.82, 2.24) is 4.58 Å². The average Bonchev–Trinajstić information content (AvgIpc) is 2.72. The Hall–Kier alpha value is -2.91. The second-order valence-corrected chi connectivity index (χ2v) is 7.49. The monoisotopic (exact) mass is 404 g/mol. The Morgan fingerprint density at radius 3 is 2.45 bits per heavy atom. The second-order valence-electron chi connectivity index (χ2n) is 7.15. The maximum Gasteiger partial charge on any atom is 0.253 e. The number of carbonyl (C=O) groups is 1. The summed E-state index contributed by atoms with van der Waals surface area (Å²) in [5.41, 5.74) is 5.16. The van der Waals surface area contributed by atoms with Crippen LogP contribution in [0.1, 0.15) is 29.8 Å². The molecular formula is C25H23ClNO2+. The highest BCUT2D eigenvalue weighted by molar-refractivity contribution is 6.68. The van der Waals surface area contributed by atoms with Crippen LogP contribution in [0.4, 0.5) is 0 Å². The van der Waals surface area contributed by atoms with Crippen molar-refractivity contribution in [2.24, 2.45) is 0 Å². The number of hydrogen-bond acceptors (Lipinski definition) is 2. The van der Waals surface area contributed by atoms with Crippen molar-refractivity contribution < 1.29 is 9.21 Å². The molecule has 4 heteroatoms. The second kappa shape index (κ2) is 7.84. The molecule has 0 bridgehead atoms. The summed E-state index contributed by atoms with van der Waals surface area (Å²) in [6, 6.07) is 19.9. The fraction of sp³-hybridized carbons (Fsp3) is 0.200. The first kappa shape index (κ1) is 19.4. The van der Waals surface area contributed by atoms with Gasteiger partial charge >= 0.3 is 0 Å². The Labute approximate surface area is 175 Å². The highest BCUT2D eigenvalue weighted by Gasteiger charge is 2.21. The lowest BCUT2D eigenvalue weighted by Crippen LogP contribution is -2.29. The zero-order chi connectivity index (χ0) is 20.5. The molecule has 29 heavy (non-hydrogen) atoms. The number of fused-ring (bicyclic) bond motifs is 2. The highest BCUT2D eigenvalue weighted by atomic mass is 35.5. The van der Waals surface area contributed by atoms with E-state index in [0.717, 1.165) is 57.4 Å². The van der Waals surface area contributed by atoms with Gasteiger partial charge in [0.2, 0.25) is 5.36 Å². The van der Waals surface area contributed by atoms with Crippen LogP contribution in [0.2, 0.25) is 0 Å². The number of nitrogens with zero attached hydrogens (tertiary/aromatic N) is 1. The fourth-order valence-corrected chi connectivity index (χ4v) is 4.10. The molecule has 2 aromatic carbocycles. The zero-order valence-electron chi connectivity index (χ0n) is 16.8. The standard InChI is InChI=1S/C25H23ClNO2/c1-4-27(5-2)17-11-13-21-23(15-17)29-22-14-16(3)10-12-20(22)24(21)18-8-6-7-9-19(18)25(26)28/h6-15H,4-5H2,1-3H3/q+1. The molecule has 0 aromatic heterocycles. The van der Waals surface area contributed by atoms with E-state index in [-0.39, 0.29) is 0 Å². The van der Waals surface area contributed by atoms with Crippen LogP contribution in [-0.2, 0) is 0 Å². The van der Waals surface area contributed by atoms with Gasteiger partial charge in [-0.3, -0.25) is 4.79 Å². The van der Waals surface area contributed by atoms with Crippen LogP contribution >= 0.6 is 11.6 Å². The molecule has 4 rings (SSSR count). The third kappa shape index (κ3) is 3.47. The normalized spacial score (nSPS) is 11.2. The van der Waals surface area contributed by atoms with Crippen molar-refractivity contribution in [3.8, 4) is 22.5 Å². The molecule has 0 amide bonds. The lowest BCUT2D eigenvalue weighted by molar-refractivity contribution is 0.108. The van der Waals surface area contributed by atoms with Crippen molar-refractivity contribution >= 4 is 27.8 Å². The van der Waals surface area contributed by atoms with E-state index in [4.69, 9.17) is 16.0 Å². The Morgan fingerprint density at radius 2 is 1.72 bits per heavy atom. The minimum atomic E-state index is -0.463. The first-order valence-corrected chi connectivity index (χ1v) is 10.3. The number of halogens is 1. The lowest BCUT2D eigenvalue weighted by Gasteiger charge is -2.17. The third-order valence-corrected chi connectivity index (χ3v) is 5.60. The van der Waals surface area contributed by atoms with Gasteiger partial charge in [-0.15, -0.1) is 0 Å². The quantitative estimate of drug-likeness (QED) is 0.248. The van der Waals surface area contributed by atoms with Gasteiger partial charge in [0.15, 0.2) is 0 Å². The van der Waals surface area contributed by atoms with E-state index in [9.17, 15) is 4.79 Å². The van der Waals surface area contributed by atoms with Crippen molar-refractivity contribution in [1.29, 1.82) is 0 Å². The van der Waals surface area contributed by atoms with Crippen LogP contribution in [-0.4, -0.2) is 18.3 Å². The molecule has 0 saturated heterocycles. The number of benzene rings is 3. The van der Waals surface area contributed by atoms with Crippen LogP contribution < -0.4 is 9.93 Å². The molecule has 3 nitrogen and oxygen atoms in total. The SMILES string of the molecule is CC[N+](CC)=c1ccc2c(-c3ccccc3C(=O)Cl)c3ccc(C)cc3oc-2c1. The molecule has 0 spiro atoms. The third-order valence-electron chi connectivity index (χ3n) is 5.40. The van der Waals surface area contributed by atoms with Crippen molar-refractivity contribution in [2.75, 3.05) is 13.1 Å². The molecular weight excluding hydrogens is 382 g/mol. The Bertz CT molecular complexity index is 1260. The summed E-state index contributed by atoms with van der Waals surface area (Å²) in [7, 11) is 0. The maximum absolute atomic E-state index is 12.1. The summed E-state index contributed by atoms with van der Waals surface area (Å²) in [4.78, 5) is 12.1. The van der Waals surface area contributed by atoms with E-state index >= 15 is 0 Å².